The lowest BCUT2D eigenvalue weighted by Gasteiger charge is -2.28. The molecule has 3 rings (SSSR count). The third-order valence-corrected chi connectivity index (χ3v) is 5.18. The van der Waals surface area contributed by atoms with E-state index in [9.17, 15) is 62.3 Å². The minimum absolute atomic E-state index is 0.349. The standard InChI is InChI=1S/C18H4Cl2F12O4/c19-17(29,30)15(25,26)13(21,22)9-4-7(34)11-8(35-9)2-1-5-6(33)3-10(36-12(5)11)14(23,24)16(27,28)18(20,31)32/h1-4H. The summed E-state index contributed by atoms with van der Waals surface area (Å²) in [6, 6.07) is 0.0906. The summed E-state index contributed by atoms with van der Waals surface area (Å²) in [4.78, 5) is 24.5. The number of hydrogen-bond donors (Lipinski definition) is 0. The molecule has 2 aromatic heterocycles. The number of benzene rings is 1. The molecule has 0 atom stereocenters. The Kier molecular flexibility index (Phi) is 6.16. The zero-order valence-electron chi connectivity index (χ0n) is 16.2. The second-order valence-electron chi connectivity index (χ2n) is 7.06. The number of halogens is 14. The highest BCUT2D eigenvalue weighted by Gasteiger charge is 2.74. The Bertz CT molecular complexity index is 1470. The summed E-state index contributed by atoms with van der Waals surface area (Å²) in [7, 11) is 0. The van der Waals surface area contributed by atoms with Crippen molar-refractivity contribution in [3.8, 4) is 0 Å². The topological polar surface area (TPSA) is 60.4 Å². The van der Waals surface area contributed by atoms with Crippen molar-refractivity contribution in [2.75, 3.05) is 0 Å². The molecule has 18 heteroatoms. The van der Waals surface area contributed by atoms with Gasteiger partial charge in [0.05, 0.1) is 5.39 Å². The van der Waals surface area contributed by atoms with Crippen LogP contribution in [0.2, 0.25) is 0 Å². The first kappa shape index (κ1) is 28.0. The van der Waals surface area contributed by atoms with Gasteiger partial charge in [-0.05, 0) is 35.3 Å². The summed E-state index contributed by atoms with van der Waals surface area (Å²) >= 11 is 8.04. The minimum atomic E-state index is -6.38. The third-order valence-electron chi connectivity index (χ3n) is 4.71. The molecule has 0 bridgehead atoms. The van der Waals surface area contributed by atoms with Crippen molar-refractivity contribution >= 4 is 45.1 Å². The molecule has 0 saturated carbocycles. The van der Waals surface area contributed by atoms with E-state index in [-0.39, 0.29) is 6.07 Å². The molecule has 0 fully saturated rings. The number of rotatable bonds is 6. The van der Waals surface area contributed by atoms with Gasteiger partial charge in [0.25, 0.3) is 0 Å². The lowest BCUT2D eigenvalue weighted by atomic mass is 10.1. The number of alkyl halides is 14. The predicted octanol–water partition coefficient (Wildman–Crippen LogP) is 7.02. The second-order valence-corrected chi connectivity index (χ2v) is 8.01. The summed E-state index contributed by atoms with van der Waals surface area (Å²) < 4.78 is 171. The molecular weight excluding hydrogens is 579 g/mol. The molecular formula is C18H4Cl2F12O4. The van der Waals surface area contributed by atoms with Crippen LogP contribution in [0.1, 0.15) is 11.5 Å². The van der Waals surface area contributed by atoms with Gasteiger partial charge < -0.3 is 8.83 Å². The molecule has 198 valence electrons. The average molecular weight is 583 g/mol. The monoisotopic (exact) mass is 582 g/mol. The highest BCUT2D eigenvalue weighted by molar-refractivity contribution is 6.22. The van der Waals surface area contributed by atoms with Gasteiger partial charge >= 0.3 is 34.5 Å². The Morgan fingerprint density at radius 3 is 1.47 bits per heavy atom. The van der Waals surface area contributed by atoms with Crippen molar-refractivity contribution in [3.05, 3.63) is 56.2 Å². The first-order chi connectivity index (χ1) is 16.0. The van der Waals surface area contributed by atoms with Gasteiger partial charge in [-0.2, -0.15) is 52.7 Å². The third kappa shape index (κ3) is 3.88. The molecule has 0 aliphatic rings. The lowest BCUT2D eigenvalue weighted by Crippen LogP contribution is -2.49. The summed E-state index contributed by atoms with van der Waals surface area (Å²) in [6.45, 7) is 0. The highest BCUT2D eigenvalue weighted by Crippen LogP contribution is 2.54. The summed E-state index contributed by atoms with van der Waals surface area (Å²) in [5.74, 6) is -29.5. The lowest BCUT2D eigenvalue weighted by molar-refractivity contribution is -0.291. The fraction of sp³-hybridized carbons (Fsp3) is 0.333. The largest absolute Gasteiger partial charge is 0.454 e. The zero-order chi connectivity index (χ0) is 27.9. The predicted molar refractivity (Wildman–Crippen MR) is 97.8 cm³/mol. The molecule has 0 N–H and O–H groups in total. The maximum atomic E-state index is 14.2. The van der Waals surface area contributed by atoms with Crippen LogP contribution in [-0.4, -0.2) is 22.6 Å². The fourth-order valence-electron chi connectivity index (χ4n) is 2.83. The molecule has 0 aliphatic heterocycles. The first-order valence-corrected chi connectivity index (χ1v) is 9.44. The van der Waals surface area contributed by atoms with Crippen molar-refractivity contribution < 1.29 is 61.5 Å². The van der Waals surface area contributed by atoms with Crippen LogP contribution in [0.15, 0.2) is 42.7 Å². The van der Waals surface area contributed by atoms with Crippen molar-refractivity contribution in [1.29, 1.82) is 0 Å². The van der Waals surface area contributed by atoms with Crippen LogP contribution in [0.3, 0.4) is 0 Å². The first-order valence-electron chi connectivity index (χ1n) is 8.69. The van der Waals surface area contributed by atoms with Crippen LogP contribution in [0.5, 0.6) is 0 Å². The molecule has 0 spiro atoms. The smallest absolute Gasteiger partial charge is 0.394 e. The molecule has 3 aromatic rings. The van der Waals surface area contributed by atoms with Crippen LogP contribution in [0, 0.1) is 0 Å². The van der Waals surface area contributed by atoms with Gasteiger partial charge in [-0.1, -0.05) is 0 Å². The van der Waals surface area contributed by atoms with E-state index in [4.69, 9.17) is 0 Å². The van der Waals surface area contributed by atoms with Crippen molar-refractivity contribution in [3.63, 3.8) is 0 Å². The van der Waals surface area contributed by atoms with E-state index in [1.807, 2.05) is 0 Å². The molecule has 0 aliphatic carbocycles. The quantitative estimate of drug-likeness (QED) is 0.178. The Balaban J connectivity index is 2.36. The average Bonchev–Trinajstić information content (AvgIpc) is 2.71. The van der Waals surface area contributed by atoms with Crippen LogP contribution in [-0.2, 0) is 11.8 Å². The van der Waals surface area contributed by atoms with Crippen molar-refractivity contribution in [2.45, 2.75) is 34.5 Å². The minimum Gasteiger partial charge on any atom is -0.454 e. The molecule has 0 unspecified atom stereocenters. The molecule has 0 amide bonds. The van der Waals surface area contributed by atoms with Crippen LogP contribution in [0.4, 0.5) is 52.7 Å². The molecule has 1 aromatic carbocycles. The molecule has 36 heavy (non-hydrogen) atoms. The van der Waals surface area contributed by atoms with Crippen molar-refractivity contribution in [1.82, 2.24) is 0 Å². The van der Waals surface area contributed by atoms with Crippen molar-refractivity contribution in [2.24, 2.45) is 0 Å². The van der Waals surface area contributed by atoms with E-state index < -0.39 is 84.8 Å². The Morgan fingerprint density at radius 2 is 1.03 bits per heavy atom. The van der Waals surface area contributed by atoms with E-state index in [0.717, 1.165) is 0 Å². The summed E-state index contributed by atoms with van der Waals surface area (Å²) in [6.07, 6.45) is 0. The zero-order valence-corrected chi connectivity index (χ0v) is 17.7. The second kappa shape index (κ2) is 7.94. The van der Waals surface area contributed by atoms with Crippen LogP contribution in [0.25, 0.3) is 21.9 Å². The fourth-order valence-corrected chi connectivity index (χ4v) is 3.07. The number of fused-ring (bicyclic) bond motifs is 3. The molecule has 2 heterocycles. The van der Waals surface area contributed by atoms with Gasteiger partial charge in [-0.3, -0.25) is 9.59 Å². The van der Waals surface area contributed by atoms with E-state index in [0.29, 0.717) is 12.1 Å². The van der Waals surface area contributed by atoms with Gasteiger partial charge in [-0.15, -0.1) is 0 Å². The molecule has 0 radical (unpaired) electrons. The number of hydrogen-bond acceptors (Lipinski definition) is 4. The maximum absolute atomic E-state index is 14.2. The Hall–Kier alpha value is -2.62. The van der Waals surface area contributed by atoms with E-state index in [1.165, 1.54) is 0 Å². The Labute approximate surface area is 198 Å². The maximum Gasteiger partial charge on any atom is 0.394 e. The van der Waals surface area contributed by atoms with Gasteiger partial charge in [0.2, 0.25) is 0 Å². The molecule has 0 saturated heterocycles. The van der Waals surface area contributed by atoms with Crippen LogP contribution < -0.4 is 10.9 Å². The Morgan fingerprint density at radius 1 is 0.611 bits per heavy atom. The van der Waals surface area contributed by atoms with Gasteiger partial charge in [0.1, 0.15) is 11.0 Å². The van der Waals surface area contributed by atoms with Crippen LogP contribution >= 0.6 is 23.2 Å². The van der Waals surface area contributed by atoms with Gasteiger partial charge in [-0.25, -0.2) is 0 Å². The highest BCUT2D eigenvalue weighted by atomic mass is 35.5. The summed E-state index contributed by atoms with van der Waals surface area (Å²) in [5.41, 5.74) is -6.20. The molecule has 4 nitrogen and oxygen atoms in total. The SMILES string of the molecule is O=c1cc(C(F)(F)C(F)(F)C(F)(F)Cl)oc2c1ccc1oc(C(F)(F)C(F)(F)C(F)(F)Cl)cc(=O)c12. The van der Waals surface area contributed by atoms with E-state index >= 15 is 0 Å². The normalized spacial score (nSPS) is 14.6. The van der Waals surface area contributed by atoms with E-state index in [1.54, 1.807) is 0 Å². The van der Waals surface area contributed by atoms with Gasteiger partial charge in [0, 0.05) is 12.1 Å². The van der Waals surface area contributed by atoms with Gasteiger partial charge in [0.15, 0.2) is 28.0 Å². The summed E-state index contributed by atoms with van der Waals surface area (Å²) in [5, 5.41) is -13.9. The van der Waals surface area contributed by atoms with E-state index in [2.05, 4.69) is 32.0 Å².